The maximum atomic E-state index is 13.3. The highest BCUT2D eigenvalue weighted by molar-refractivity contribution is 6.00. The zero-order valence-corrected chi connectivity index (χ0v) is 20.9. The Labute approximate surface area is 217 Å². The monoisotopic (exact) mass is 518 g/mol. The molecule has 1 amide bonds. The number of aromatic nitrogens is 5. The summed E-state index contributed by atoms with van der Waals surface area (Å²) >= 11 is 0. The van der Waals surface area contributed by atoms with Crippen LogP contribution in [0.2, 0.25) is 0 Å². The number of nitrogens with zero attached hydrogens (tertiary/aromatic N) is 6. The van der Waals surface area contributed by atoms with Gasteiger partial charge < -0.3 is 4.57 Å². The average molecular weight is 519 g/mol. The average Bonchev–Trinajstić information content (AvgIpc) is 3.56. The molecular weight excluding hydrogens is 493 g/mol. The standard InChI is InChI=1S/C28H25F3N6O/c1-16(2)24-21(4-3-11-32-24)25-33-13-19-12-23(38)37(27(19)35-25)14-17-5-7-18(8-6-17)26-34-22(28(29,30)31)15-36(26)20-9-10-20/h3-8,11,13,15-16,20H,9-10,12,14H2,1-2H3. The van der Waals surface area contributed by atoms with Crippen molar-refractivity contribution in [2.24, 2.45) is 0 Å². The van der Waals surface area contributed by atoms with Crippen LogP contribution in [0, 0.1) is 0 Å². The minimum atomic E-state index is -4.50. The molecule has 3 aromatic heterocycles. The van der Waals surface area contributed by atoms with E-state index < -0.39 is 11.9 Å². The number of hydrogen-bond acceptors (Lipinski definition) is 5. The molecule has 10 heteroatoms. The van der Waals surface area contributed by atoms with Crippen LogP contribution in [0.1, 0.15) is 61.2 Å². The van der Waals surface area contributed by atoms with Gasteiger partial charge in [-0.2, -0.15) is 13.2 Å². The summed E-state index contributed by atoms with van der Waals surface area (Å²) in [6, 6.07) is 11.0. The van der Waals surface area contributed by atoms with Crippen molar-refractivity contribution in [1.82, 2.24) is 24.5 Å². The number of halogens is 3. The van der Waals surface area contributed by atoms with Gasteiger partial charge in [-0.1, -0.05) is 38.1 Å². The number of anilines is 1. The molecule has 1 aliphatic heterocycles. The van der Waals surface area contributed by atoms with E-state index in [1.54, 1.807) is 34.0 Å². The van der Waals surface area contributed by atoms with Crippen molar-refractivity contribution < 1.29 is 18.0 Å². The number of carbonyl (C=O) groups is 1. The number of pyridine rings is 1. The van der Waals surface area contributed by atoms with Gasteiger partial charge in [-0.3, -0.25) is 14.7 Å². The van der Waals surface area contributed by atoms with Crippen molar-refractivity contribution in [2.45, 2.75) is 57.8 Å². The van der Waals surface area contributed by atoms with Crippen LogP contribution in [-0.4, -0.2) is 30.4 Å². The Balaban J connectivity index is 1.28. The first-order valence-corrected chi connectivity index (χ1v) is 12.6. The maximum Gasteiger partial charge on any atom is 0.434 e. The molecule has 0 unspecified atom stereocenters. The fourth-order valence-electron chi connectivity index (χ4n) is 4.81. The number of imidazole rings is 1. The van der Waals surface area contributed by atoms with Crippen molar-refractivity contribution in [3.8, 4) is 22.8 Å². The molecule has 0 spiro atoms. The summed E-state index contributed by atoms with van der Waals surface area (Å²) < 4.78 is 41.5. The zero-order chi connectivity index (χ0) is 26.6. The third-order valence-corrected chi connectivity index (χ3v) is 6.88. The summed E-state index contributed by atoms with van der Waals surface area (Å²) in [7, 11) is 0. The van der Waals surface area contributed by atoms with Crippen LogP contribution in [-0.2, 0) is 23.9 Å². The topological polar surface area (TPSA) is 76.8 Å². The van der Waals surface area contributed by atoms with E-state index in [-0.39, 0.29) is 30.8 Å². The first-order valence-electron chi connectivity index (χ1n) is 12.6. The Hall–Kier alpha value is -4.08. The molecule has 0 radical (unpaired) electrons. The van der Waals surface area contributed by atoms with Crippen molar-refractivity contribution in [3.63, 3.8) is 0 Å². The third-order valence-electron chi connectivity index (χ3n) is 6.88. The van der Waals surface area contributed by atoms with E-state index in [9.17, 15) is 18.0 Å². The van der Waals surface area contributed by atoms with Crippen LogP contribution in [0.15, 0.2) is 55.0 Å². The molecule has 0 saturated heterocycles. The molecule has 1 saturated carbocycles. The van der Waals surface area contributed by atoms with Gasteiger partial charge in [-0.05, 0) is 36.5 Å². The van der Waals surface area contributed by atoms with Gasteiger partial charge in [0.2, 0.25) is 5.91 Å². The number of benzene rings is 1. The van der Waals surface area contributed by atoms with Gasteiger partial charge in [0.05, 0.1) is 18.7 Å². The molecule has 4 aromatic rings. The maximum absolute atomic E-state index is 13.3. The van der Waals surface area contributed by atoms with E-state index in [2.05, 4.69) is 28.8 Å². The second-order valence-corrected chi connectivity index (χ2v) is 10.1. The highest BCUT2D eigenvalue weighted by Gasteiger charge is 2.37. The Kier molecular flexibility index (Phi) is 5.77. The minimum Gasteiger partial charge on any atom is -0.327 e. The lowest BCUT2D eigenvalue weighted by Gasteiger charge is -2.18. The molecule has 7 nitrogen and oxygen atoms in total. The Bertz CT molecular complexity index is 1520. The second-order valence-electron chi connectivity index (χ2n) is 10.1. The van der Waals surface area contributed by atoms with Gasteiger partial charge in [0, 0.05) is 41.3 Å². The van der Waals surface area contributed by atoms with Gasteiger partial charge >= 0.3 is 6.18 Å². The molecular formula is C28H25F3N6O. The normalized spacial score (nSPS) is 15.4. The number of amides is 1. The number of hydrogen-bond donors (Lipinski definition) is 0. The summed E-state index contributed by atoms with van der Waals surface area (Å²) in [6.45, 7) is 4.40. The lowest BCUT2D eigenvalue weighted by atomic mass is 10.0. The molecule has 1 aliphatic carbocycles. The van der Waals surface area contributed by atoms with Crippen LogP contribution in [0.25, 0.3) is 22.8 Å². The summed E-state index contributed by atoms with van der Waals surface area (Å²) in [5, 5.41) is 0. The molecule has 0 N–H and O–H groups in total. The predicted octanol–water partition coefficient (Wildman–Crippen LogP) is 5.97. The smallest absolute Gasteiger partial charge is 0.327 e. The van der Waals surface area contributed by atoms with E-state index in [1.807, 2.05) is 24.3 Å². The molecule has 1 aromatic carbocycles. The lowest BCUT2D eigenvalue weighted by molar-refractivity contribution is -0.140. The zero-order valence-electron chi connectivity index (χ0n) is 20.9. The van der Waals surface area contributed by atoms with E-state index in [0.29, 0.717) is 23.0 Å². The minimum absolute atomic E-state index is 0.0527. The van der Waals surface area contributed by atoms with Crippen molar-refractivity contribution in [2.75, 3.05) is 4.90 Å². The van der Waals surface area contributed by atoms with Crippen LogP contribution in [0.3, 0.4) is 0 Å². The quantitative estimate of drug-likeness (QED) is 0.314. The van der Waals surface area contributed by atoms with Crippen molar-refractivity contribution in [3.05, 3.63) is 77.5 Å². The molecule has 2 aliphatic rings. The van der Waals surface area contributed by atoms with Crippen molar-refractivity contribution in [1.29, 1.82) is 0 Å². The number of carbonyl (C=O) groups excluding carboxylic acids is 1. The molecule has 4 heterocycles. The van der Waals surface area contributed by atoms with E-state index in [4.69, 9.17) is 4.98 Å². The van der Waals surface area contributed by atoms with E-state index >= 15 is 0 Å². The molecule has 6 rings (SSSR count). The Morgan fingerprint density at radius 1 is 1.05 bits per heavy atom. The van der Waals surface area contributed by atoms with Gasteiger partial charge in [0.1, 0.15) is 11.6 Å². The Morgan fingerprint density at radius 3 is 2.50 bits per heavy atom. The number of alkyl halides is 3. The van der Waals surface area contributed by atoms with Crippen LogP contribution in [0.5, 0.6) is 0 Å². The summed E-state index contributed by atoms with van der Waals surface area (Å²) in [6.07, 6.45) is 1.96. The van der Waals surface area contributed by atoms with Crippen LogP contribution < -0.4 is 4.90 Å². The highest BCUT2D eigenvalue weighted by atomic mass is 19.4. The largest absolute Gasteiger partial charge is 0.434 e. The lowest BCUT2D eigenvalue weighted by Crippen LogP contribution is -2.26. The molecule has 0 bridgehead atoms. The van der Waals surface area contributed by atoms with Gasteiger partial charge in [-0.15, -0.1) is 0 Å². The fraction of sp³-hybridized carbons (Fsp3) is 0.321. The second kappa shape index (κ2) is 9.04. The highest BCUT2D eigenvalue weighted by Crippen LogP contribution is 2.41. The van der Waals surface area contributed by atoms with Gasteiger partial charge in [-0.25, -0.2) is 15.0 Å². The predicted molar refractivity (Wildman–Crippen MR) is 135 cm³/mol. The molecule has 0 atom stereocenters. The molecule has 1 fully saturated rings. The summed E-state index contributed by atoms with van der Waals surface area (Å²) in [5.74, 6) is 1.50. The molecule has 38 heavy (non-hydrogen) atoms. The van der Waals surface area contributed by atoms with E-state index in [1.165, 1.54) is 0 Å². The number of rotatable bonds is 6. The first kappa shape index (κ1) is 24.3. The fourth-order valence-corrected chi connectivity index (χ4v) is 4.81. The van der Waals surface area contributed by atoms with Crippen molar-refractivity contribution >= 4 is 11.7 Å². The molecule has 194 valence electrons. The first-order chi connectivity index (χ1) is 18.2. The van der Waals surface area contributed by atoms with Crippen LogP contribution >= 0.6 is 0 Å². The van der Waals surface area contributed by atoms with E-state index in [0.717, 1.165) is 41.4 Å². The van der Waals surface area contributed by atoms with Gasteiger partial charge in [0.25, 0.3) is 0 Å². The summed E-state index contributed by atoms with van der Waals surface area (Å²) in [4.78, 5) is 32.2. The van der Waals surface area contributed by atoms with Crippen LogP contribution in [0.4, 0.5) is 19.0 Å². The summed E-state index contributed by atoms with van der Waals surface area (Å²) in [5.41, 5.74) is 3.03. The third kappa shape index (κ3) is 4.44. The van der Waals surface area contributed by atoms with Gasteiger partial charge in [0.15, 0.2) is 11.5 Å². The number of fused-ring (bicyclic) bond motifs is 1. The Morgan fingerprint density at radius 2 is 1.82 bits per heavy atom. The SMILES string of the molecule is CC(C)c1ncccc1-c1ncc2c(n1)N(Cc1ccc(-c3nc(C(F)(F)F)cn3C3CC3)cc1)C(=O)C2.